The summed E-state index contributed by atoms with van der Waals surface area (Å²) in [6.07, 6.45) is 0. The molecule has 3 heterocycles. The maximum absolute atomic E-state index is 13.3. The molecule has 1 saturated heterocycles. The number of fused-ring (bicyclic) bond motifs is 1. The molecule has 168 valence electrons. The van der Waals surface area contributed by atoms with Crippen molar-refractivity contribution in [3.8, 4) is 11.5 Å². The topological polar surface area (TPSA) is 79.4 Å². The summed E-state index contributed by atoms with van der Waals surface area (Å²) in [6, 6.07) is 9.56. The fraction of sp³-hybridized carbons (Fsp3) is 0.476. The Hall–Kier alpha value is -2.14. The predicted molar refractivity (Wildman–Crippen MR) is 120 cm³/mol. The minimum absolute atomic E-state index is 0.0307. The molecule has 2 aromatic rings. The SMILES string of the molecule is CCS(=O)(=O)N1CCN(CC(=O)N(Cc2cccs2)c2ccc3c(c2)OCCO3)CC1. The zero-order valence-electron chi connectivity index (χ0n) is 17.5. The summed E-state index contributed by atoms with van der Waals surface area (Å²) in [5, 5.41) is 2.00. The molecule has 2 aliphatic heterocycles. The van der Waals surface area contributed by atoms with Gasteiger partial charge in [-0.3, -0.25) is 9.69 Å². The molecule has 8 nitrogen and oxygen atoms in total. The molecule has 0 radical (unpaired) electrons. The third kappa shape index (κ3) is 5.20. The van der Waals surface area contributed by atoms with Crippen molar-refractivity contribution in [2.45, 2.75) is 13.5 Å². The largest absolute Gasteiger partial charge is 0.486 e. The molecular weight excluding hydrogens is 438 g/mol. The highest BCUT2D eigenvalue weighted by Crippen LogP contribution is 2.34. The van der Waals surface area contributed by atoms with Crippen molar-refractivity contribution < 1.29 is 22.7 Å². The number of ether oxygens (including phenoxy) is 2. The Balaban J connectivity index is 1.48. The molecule has 1 fully saturated rings. The van der Waals surface area contributed by atoms with Crippen LogP contribution in [0.2, 0.25) is 0 Å². The van der Waals surface area contributed by atoms with E-state index in [0.29, 0.717) is 57.4 Å². The molecule has 0 spiro atoms. The van der Waals surface area contributed by atoms with E-state index in [9.17, 15) is 13.2 Å². The van der Waals surface area contributed by atoms with E-state index in [1.807, 2.05) is 40.6 Å². The van der Waals surface area contributed by atoms with Gasteiger partial charge in [-0.15, -0.1) is 11.3 Å². The van der Waals surface area contributed by atoms with Crippen molar-refractivity contribution in [3.63, 3.8) is 0 Å². The van der Waals surface area contributed by atoms with Crippen molar-refractivity contribution >= 4 is 33.0 Å². The number of hydrogen-bond acceptors (Lipinski definition) is 7. The lowest BCUT2D eigenvalue weighted by atomic mass is 10.2. The number of rotatable bonds is 7. The van der Waals surface area contributed by atoms with Gasteiger partial charge < -0.3 is 14.4 Å². The molecule has 0 atom stereocenters. The number of piperazine rings is 1. The van der Waals surface area contributed by atoms with Crippen molar-refractivity contribution in [2.24, 2.45) is 0 Å². The van der Waals surface area contributed by atoms with Gasteiger partial charge in [0.05, 0.1) is 18.8 Å². The normalized spacial score (nSPS) is 17.5. The van der Waals surface area contributed by atoms with Gasteiger partial charge in [0.1, 0.15) is 13.2 Å². The first-order valence-corrected chi connectivity index (χ1v) is 12.9. The number of nitrogens with zero attached hydrogens (tertiary/aromatic N) is 3. The quantitative estimate of drug-likeness (QED) is 0.623. The van der Waals surface area contributed by atoms with E-state index in [1.165, 1.54) is 4.31 Å². The molecule has 0 N–H and O–H groups in total. The number of anilines is 1. The van der Waals surface area contributed by atoms with E-state index in [1.54, 1.807) is 23.2 Å². The van der Waals surface area contributed by atoms with E-state index in [2.05, 4.69) is 0 Å². The molecular formula is C21H27N3O5S2. The lowest BCUT2D eigenvalue weighted by Crippen LogP contribution is -2.51. The maximum Gasteiger partial charge on any atom is 0.241 e. The Morgan fingerprint density at radius 2 is 1.84 bits per heavy atom. The molecule has 0 bridgehead atoms. The average Bonchev–Trinajstić information content (AvgIpc) is 3.31. The first-order chi connectivity index (χ1) is 15.0. The van der Waals surface area contributed by atoms with E-state index in [0.717, 1.165) is 10.6 Å². The van der Waals surface area contributed by atoms with Crippen LogP contribution < -0.4 is 14.4 Å². The number of hydrogen-bond donors (Lipinski definition) is 0. The van der Waals surface area contributed by atoms with Crippen molar-refractivity contribution in [2.75, 3.05) is 56.6 Å². The second-order valence-corrected chi connectivity index (χ2v) is 10.8. The summed E-state index contributed by atoms with van der Waals surface area (Å²) >= 11 is 1.61. The minimum atomic E-state index is -3.19. The summed E-state index contributed by atoms with van der Waals surface area (Å²) in [6.45, 7) is 5.28. The van der Waals surface area contributed by atoms with Crippen LogP contribution in [0.1, 0.15) is 11.8 Å². The fourth-order valence-corrected chi connectivity index (χ4v) is 5.48. The third-order valence-corrected chi connectivity index (χ3v) is 8.22. The van der Waals surface area contributed by atoms with Gasteiger partial charge in [0, 0.05) is 42.8 Å². The Kier molecular flexibility index (Phi) is 6.80. The fourth-order valence-electron chi connectivity index (χ4n) is 3.71. The zero-order valence-corrected chi connectivity index (χ0v) is 19.2. The molecule has 31 heavy (non-hydrogen) atoms. The maximum atomic E-state index is 13.3. The Bertz CT molecular complexity index is 1000. The Morgan fingerprint density at radius 1 is 1.10 bits per heavy atom. The van der Waals surface area contributed by atoms with Crippen LogP contribution in [0.4, 0.5) is 5.69 Å². The standard InChI is InChI=1S/C21H27N3O5S2/c1-2-31(26,27)23-9-7-22(8-10-23)16-21(25)24(15-18-4-3-13-30-18)17-5-6-19-20(14-17)29-12-11-28-19/h3-6,13-14H,2,7-12,15-16H2,1H3. The van der Waals surface area contributed by atoms with E-state index in [-0.39, 0.29) is 18.2 Å². The summed E-state index contributed by atoms with van der Waals surface area (Å²) in [5.41, 5.74) is 0.759. The van der Waals surface area contributed by atoms with Crippen LogP contribution in [0.5, 0.6) is 11.5 Å². The summed E-state index contributed by atoms with van der Waals surface area (Å²) < 4.78 is 37.0. The summed E-state index contributed by atoms with van der Waals surface area (Å²) in [5.74, 6) is 1.40. The Morgan fingerprint density at radius 3 is 2.52 bits per heavy atom. The number of sulfonamides is 1. The first kappa shape index (κ1) is 22.1. The lowest BCUT2D eigenvalue weighted by molar-refractivity contribution is -0.120. The van der Waals surface area contributed by atoms with E-state index >= 15 is 0 Å². The van der Waals surface area contributed by atoms with Gasteiger partial charge >= 0.3 is 0 Å². The van der Waals surface area contributed by atoms with Crippen LogP contribution in [0.25, 0.3) is 0 Å². The van der Waals surface area contributed by atoms with Crippen LogP contribution in [0.15, 0.2) is 35.7 Å². The monoisotopic (exact) mass is 465 g/mol. The Labute approximate surface area is 187 Å². The van der Waals surface area contributed by atoms with Gasteiger partial charge in [0.25, 0.3) is 0 Å². The number of amides is 1. The van der Waals surface area contributed by atoms with Crippen LogP contribution in [0, 0.1) is 0 Å². The van der Waals surface area contributed by atoms with Crippen molar-refractivity contribution in [1.29, 1.82) is 0 Å². The number of thiophene rings is 1. The molecule has 1 aromatic carbocycles. The number of carbonyl (C=O) groups is 1. The lowest BCUT2D eigenvalue weighted by Gasteiger charge is -2.34. The van der Waals surface area contributed by atoms with Gasteiger partial charge in [-0.2, -0.15) is 4.31 Å². The highest BCUT2D eigenvalue weighted by molar-refractivity contribution is 7.89. The minimum Gasteiger partial charge on any atom is -0.486 e. The second kappa shape index (κ2) is 9.56. The molecule has 1 aromatic heterocycles. The van der Waals surface area contributed by atoms with Gasteiger partial charge in [-0.25, -0.2) is 8.42 Å². The smallest absolute Gasteiger partial charge is 0.241 e. The second-order valence-electron chi connectivity index (χ2n) is 7.46. The van der Waals surface area contributed by atoms with Crippen LogP contribution in [0.3, 0.4) is 0 Å². The van der Waals surface area contributed by atoms with Gasteiger partial charge in [0.2, 0.25) is 15.9 Å². The van der Waals surface area contributed by atoms with Crippen LogP contribution >= 0.6 is 11.3 Å². The van der Waals surface area contributed by atoms with E-state index < -0.39 is 10.0 Å². The molecule has 0 unspecified atom stereocenters. The molecule has 2 aliphatic rings. The van der Waals surface area contributed by atoms with Crippen LogP contribution in [-0.2, 0) is 21.4 Å². The first-order valence-electron chi connectivity index (χ1n) is 10.4. The summed E-state index contributed by atoms with van der Waals surface area (Å²) in [4.78, 5) is 18.2. The third-order valence-electron chi connectivity index (χ3n) is 5.48. The summed E-state index contributed by atoms with van der Waals surface area (Å²) in [7, 11) is -3.19. The molecule has 0 saturated carbocycles. The van der Waals surface area contributed by atoms with E-state index in [4.69, 9.17) is 9.47 Å². The number of carbonyl (C=O) groups excluding carboxylic acids is 1. The average molecular weight is 466 g/mol. The zero-order chi connectivity index (χ0) is 21.8. The highest BCUT2D eigenvalue weighted by Gasteiger charge is 2.28. The van der Waals surface area contributed by atoms with Crippen molar-refractivity contribution in [1.82, 2.24) is 9.21 Å². The van der Waals surface area contributed by atoms with Crippen molar-refractivity contribution in [3.05, 3.63) is 40.6 Å². The molecule has 1 amide bonds. The number of benzene rings is 1. The molecule has 10 heteroatoms. The molecule has 4 rings (SSSR count). The molecule has 0 aliphatic carbocycles. The highest BCUT2D eigenvalue weighted by atomic mass is 32.2. The van der Waals surface area contributed by atoms with Gasteiger partial charge in [-0.05, 0) is 30.5 Å². The van der Waals surface area contributed by atoms with Gasteiger partial charge in [0.15, 0.2) is 11.5 Å². The predicted octanol–water partition coefficient (Wildman–Crippen LogP) is 2.02. The van der Waals surface area contributed by atoms with Crippen LogP contribution in [-0.4, -0.2) is 75.2 Å². The van der Waals surface area contributed by atoms with Gasteiger partial charge in [-0.1, -0.05) is 6.07 Å².